The number of rotatable bonds is 5. The quantitative estimate of drug-likeness (QED) is 0.670. The lowest BCUT2D eigenvalue weighted by Crippen LogP contribution is -2.27. The van der Waals surface area contributed by atoms with E-state index in [0.717, 1.165) is 16.5 Å². The van der Waals surface area contributed by atoms with Crippen molar-refractivity contribution in [2.75, 3.05) is 11.9 Å². The first-order valence-corrected chi connectivity index (χ1v) is 7.55. The Morgan fingerprint density at radius 1 is 1.43 bits per heavy atom. The van der Waals surface area contributed by atoms with E-state index >= 15 is 0 Å². The molecule has 1 unspecified atom stereocenters. The third-order valence-electron chi connectivity index (χ3n) is 3.67. The van der Waals surface area contributed by atoms with Gasteiger partial charge in [0.2, 0.25) is 5.91 Å². The van der Waals surface area contributed by atoms with Crippen LogP contribution < -0.4 is 11.1 Å². The number of carbonyl (C=O) groups excluding carboxylic acids is 1. The molecule has 1 aromatic carbocycles. The summed E-state index contributed by atoms with van der Waals surface area (Å²) in [6, 6.07) is 7.57. The lowest BCUT2D eigenvalue weighted by Gasteiger charge is -2.11. The first-order chi connectivity index (χ1) is 11.1. The van der Waals surface area contributed by atoms with Gasteiger partial charge in [-0.15, -0.1) is 0 Å². The minimum Gasteiger partial charge on any atom is -0.369 e. The SMILES string of the molecule is CC(CNc1ncnc2[nH]cc(-c3cccc(Cl)c3)c12)C(N)=O. The van der Waals surface area contributed by atoms with Crippen molar-refractivity contribution in [3.05, 3.63) is 41.8 Å². The average Bonchev–Trinajstić information content (AvgIpc) is 2.97. The summed E-state index contributed by atoms with van der Waals surface area (Å²) in [6.07, 6.45) is 3.34. The molecule has 0 saturated carbocycles. The molecule has 0 radical (unpaired) electrons. The van der Waals surface area contributed by atoms with E-state index in [1.807, 2.05) is 30.5 Å². The second-order valence-corrected chi connectivity index (χ2v) is 5.78. The molecule has 0 spiro atoms. The molecule has 3 aromatic rings. The minimum absolute atomic E-state index is 0.298. The number of nitrogens with two attached hydrogens (primary N) is 1. The largest absolute Gasteiger partial charge is 0.369 e. The fourth-order valence-corrected chi connectivity index (χ4v) is 2.52. The molecule has 6 nitrogen and oxygen atoms in total. The Labute approximate surface area is 138 Å². The Morgan fingerprint density at radius 3 is 3.00 bits per heavy atom. The second kappa shape index (κ2) is 6.26. The molecule has 4 N–H and O–H groups in total. The molecule has 0 aliphatic rings. The highest BCUT2D eigenvalue weighted by Gasteiger charge is 2.15. The molecular formula is C16H16ClN5O. The summed E-state index contributed by atoms with van der Waals surface area (Å²) in [5.74, 6) is -0.000152. The van der Waals surface area contributed by atoms with Gasteiger partial charge in [-0.3, -0.25) is 4.79 Å². The summed E-state index contributed by atoms with van der Waals surface area (Å²) in [7, 11) is 0. The zero-order valence-electron chi connectivity index (χ0n) is 12.5. The molecule has 0 aliphatic carbocycles. The number of nitrogens with zero attached hydrogens (tertiary/aromatic N) is 2. The van der Waals surface area contributed by atoms with Gasteiger partial charge in [-0.2, -0.15) is 0 Å². The van der Waals surface area contributed by atoms with Gasteiger partial charge < -0.3 is 16.0 Å². The number of amides is 1. The Bertz CT molecular complexity index is 861. The summed E-state index contributed by atoms with van der Waals surface area (Å²) in [5, 5.41) is 4.69. The van der Waals surface area contributed by atoms with Gasteiger partial charge in [-0.05, 0) is 17.7 Å². The normalized spacial score (nSPS) is 12.3. The highest BCUT2D eigenvalue weighted by atomic mass is 35.5. The van der Waals surface area contributed by atoms with Gasteiger partial charge in [0.1, 0.15) is 17.8 Å². The third-order valence-corrected chi connectivity index (χ3v) is 3.90. The van der Waals surface area contributed by atoms with Gasteiger partial charge in [-0.1, -0.05) is 30.7 Å². The number of aromatic amines is 1. The van der Waals surface area contributed by atoms with Gasteiger partial charge in [0, 0.05) is 23.3 Å². The Morgan fingerprint density at radius 2 is 2.26 bits per heavy atom. The van der Waals surface area contributed by atoms with Crippen LogP contribution in [0.3, 0.4) is 0 Å². The zero-order valence-corrected chi connectivity index (χ0v) is 13.3. The lowest BCUT2D eigenvalue weighted by molar-refractivity contribution is -0.120. The van der Waals surface area contributed by atoms with Crippen molar-refractivity contribution >= 4 is 34.4 Å². The molecule has 2 heterocycles. The van der Waals surface area contributed by atoms with Gasteiger partial charge in [0.25, 0.3) is 0 Å². The number of H-pyrrole nitrogens is 1. The first kappa shape index (κ1) is 15.3. The van der Waals surface area contributed by atoms with E-state index in [9.17, 15) is 4.79 Å². The Balaban J connectivity index is 2.02. The Hall–Kier alpha value is -2.60. The highest BCUT2D eigenvalue weighted by molar-refractivity contribution is 6.31. The second-order valence-electron chi connectivity index (χ2n) is 5.34. The fourth-order valence-electron chi connectivity index (χ4n) is 2.33. The van der Waals surface area contributed by atoms with Crippen LogP contribution >= 0.6 is 11.6 Å². The molecule has 1 atom stereocenters. The van der Waals surface area contributed by atoms with Crippen LogP contribution in [0.2, 0.25) is 5.02 Å². The molecule has 0 fully saturated rings. The van der Waals surface area contributed by atoms with Crippen molar-refractivity contribution in [1.82, 2.24) is 15.0 Å². The van der Waals surface area contributed by atoms with E-state index in [0.29, 0.717) is 23.0 Å². The topological polar surface area (TPSA) is 96.7 Å². The number of hydrogen-bond acceptors (Lipinski definition) is 4. The number of primary amides is 1. The van der Waals surface area contributed by atoms with E-state index in [-0.39, 0.29) is 11.8 Å². The van der Waals surface area contributed by atoms with E-state index in [1.165, 1.54) is 6.33 Å². The molecular weight excluding hydrogens is 314 g/mol. The van der Waals surface area contributed by atoms with Crippen LogP contribution in [0.5, 0.6) is 0 Å². The molecule has 2 aromatic heterocycles. The number of halogens is 1. The number of nitrogens with one attached hydrogen (secondary N) is 2. The summed E-state index contributed by atoms with van der Waals surface area (Å²) in [6.45, 7) is 2.17. The van der Waals surface area contributed by atoms with Crippen molar-refractivity contribution in [1.29, 1.82) is 0 Å². The van der Waals surface area contributed by atoms with Crippen LogP contribution in [0.1, 0.15) is 6.92 Å². The monoisotopic (exact) mass is 329 g/mol. The average molecular weight is 330 g/mol. The predicted octanol–water partition coefficient (Wildman–Crippen LogP) is 2.81. The van der Waals surface area contributed by atoms with E-state index in [1.54, 1.807) is 6.92 Å². The van der Waals surface area contributed by atoms with Crippen LogP contribution in [0, 0.1) is 5.92 Å². The number of carbonyl (C=O) groups is 1. The standard InChI is InChI=1S/C16H16ClN5O/c1-9(14(18)23)6-19-15-13-12(7-20-16(13)22-8-21-15)10-3-2-4-11(17)5-10/h2-5,7-9H,6H2,1H3,(H2,18,23)(H2,19,20,21,22). The van der Waals surface area contributed by atoms with Crippen molar-refractivity contribution in [2.24, 2.45) is 11.7 Å². The molecule has 0 saturated heterocycles. The summed E-state index contributed by atoms with van der Waals surface area (Å²) in [5.41, 5.74) is 7.91. The molecule has 23 heavy (non-hydrogen) atoms. The number of anilines is 1. The summed E-state index contributed by atoms with van der Waals surface area (Å²) < 4.78 is 0. The molecule has 0 bridgehead atoms. The van der Waals surface area contributed by atoms with Gasteiger partial charge in [-0.25, -0.2) is 9.97 Å². The van der Waals surface area contributed by atoms with Crippen LogP contribution in [0.15, 0.2) is 36.8 Å². The third kappa shape index (κ3) is 3.12. The van der Waals surface area contributed by atoms with Crippen molar-refractivity contribution < 1.29 is 4.79 Å². The van der Waals surface area contributed by atoms with Crippen LogP contribution in [0.25, 0.3) is 22.2 Å². The zero-order chi connectivity index (χ0) is 16.4. The van der Waals surface area contributed by atoms with Gasteiger partial charge in [0.15, 0.2) is 0 Å². The molecule has 7 heteroatoms. The van der Waals surface area contributed by atoms with E-state index in [4.69, 9.17) is 17.3 Å². The maximum atomic E-state index is 11.2. The summed E-state index contributed by atoms with van der Waals surface area (Å²) in [4.78, 5) is 22.9. The Kier molecular flexibility index (Phi) is 4.16. The van der Waals surface area contributed by atoms with E-state index in [2.05, 4.69) is 20.3 Å². The first-order valence-electron chi connectivity index (χ1n) is 7.17. The number of aromatic nitrogens is 3. The maximum absolute atomic E-state index is 11.2. The smallest absolute Gasteiger partial charge is 0.222 e. The fraction of sp³-hybridized carbons (Fsp3) is 0.188. The highest BCUT2D eigenvalue weighted by Crippen LogP contribution is 2.32. The predicted molar refractivity (Wildman–Crippen MR) is 91.2 cm³/mol. The van der Waals surface area contributed by atoms with Crippen LogP contribution in [-0.2, 0) is 4.79 Å². The summed E-state index contributed by atoms with van der Waals surface area (Å²) >= 11 is 6.08. The van der Waals surface area contributed by atoms with Crippen LogP contribution in [-0.4, -0.2) is 27.4 Å². The van der Waals surface area contributed by atoms with Crippen molar-refractivity contribution in [3.63, 3.8) is 0 Å². The molecule has 118 valence electrons. The molecule has 0 aliphatic heterocycles. The van der Waals surface area contributed by atoms with Gasteiger partial charge in [0.05, 0.1) is 11.3 Å². The number of benzene rings is 1. The van der Waals surface area contributed by atoms with Crippen molar-refractivity contribution in [2.45, 2.75) is 6.92 Å². The number of hydrogen-bond donors (Lipinski definition) is 3. The maximum Gasteiger partial charge on any atom is 0.222 e. The van der Waals surface area contributed by atoms with Crippen molar-refractivity contribution in [3.8, 4) is 11.1 Å². The lowest BCUT2D eigenvalue weighted by atomic mass is 10.1. The molecule has 1 amide bonds. The van der Waals surface area contributed by atoms with E-state index < -0.39 is 0 Å². The minimum atomic E-state index is -0.355. The molecule has 3 rings (SSSR count). The van der Waals surface area contributed by atoms with Gasteiger partial charge >= 0.3 is 0 Å². The van der Waals surface area contributed by atoms with Crippen LogP contribution in [0.4, 0.5) is 5.82 Å². The number of fused-ring (bicyclic) bond motifs is 1.